The summed E-state index contributed by atoms with van der Waals surface area (Å²) in [7, 11) is 1.62. The molecule has 0 bridgehead atoms. The fourth-order valence-corrected chi connectivity index (χ4v) is 2.98. The van der Waals surface area contributed by atoms with Crippen LogP contribution in [0.25, 0.3) is 0 Å². The number of halogens is 1. The topological polar surface area (TPSA) is 55.4 Å². The van der Waals surface area contributed by atoms with Crippen molar-refractivity contribution in [2.75, 3.05) is 12.4 Å². The van der Waals surface area contributed by atoms with Crippen LogP contribution in [0.15, 0.2) is 24.3 Å². The maximum atomic E-state index is 11.9. The number of hydrogen-bond acceptors (Lipinski definition) is 4. The molecule has 0 aromatic rings. The lowest BCUT2D eigenvalue weighted by molar-refractivity contribution is -0.138. The molecule has 0 aliphatic heterocycles. The maximum absolute atomic E-state index is 11.9. The third-order valence-electron chi connectivity index (χ3n) is 3.18. The standard InChI is InChI=1S/C14H20INO3S/c1-3-4-11-9-12(14(18)19-7-8-20-15)5-6-13(11)16-10(2)17/h3,5,11,13H,1,4,6-9H2,2H3,(H,16,17)/t11-,13?/m0/s1. The number of hydrogen-bond donors (Lipinski definition) is 1. The van der Waals surface area contributed by atoms with Crippen molar-refractivity contribution in [2.24, 2.45) is 5.92 Å². The van der Waals surface area contributed by atoms with Crippen molar-refractivity contribution in [1.82, 2.24) is 5.32 Å². The van der Waals surface area contributed by atoms with Gasteiger partial charge in [-0.15, -0.1) is 6.58 Å². The summed E-state index contributed by atoms with van der Waals surface area (Å²) in [5.74, 6) is 0.737. The molecular formula is C14H20INO3S. The molecular weight excluding hydrogens is 389 g/mol. The van der Waals surface area contributed by atoms with Crippen LogP contribution in [0.5, 0.6) is 0 Å². The van der Waals surface area contributed by atoms with Gasteiger partial charge in [-0.2, -0.15) is 0 Å². The Hall–Kier alpha value is -0.500. The maximum Gasteiger partial charge on any atom is 0.333 e. The molecule has 0 saturated heterocycles. The third kappa shape index (κ3) is 5.87. The average Bonchev–Trinajstić information content (AvgIpc) is 2.40. The van der Waals surface area contributed by atoms with Crippen molar-refractivity contribution in [2.45, 2.75) is 32.2 Å². The van der Waals surface area contributed by atoms with E-state index in [0.29, 0.717) is 19.4 Å². The highest BCUT2D eigenvalue weighted by molar-refractivity contribution is 14.2. The zero-order valence-corrected chi connectivity index (χ0v) is 14.5. The van der Waals surface area contributed by atoms with Crippen molar-refractivity contribution in [3.63, 3.8) is 0 Å². The summed E-state index contributed by atoms with van der Waals surface area (Å²) < 4.78 is 5.22. The largest absolute Gasteiger partial charge is 0.461 e. The summed E-state index contributed by atoms with van der Waals surface area (Å²) in [4.78, 5) is 23.1. The molecule has 0 spiro atoms. The first-order chi connectivity index (χ1) is 9.58. The molecule has 4 nitrogen and oxygen atoms in total. The van der Waals surface area contributed by atoms with Crippen molar-refractivity contribution in [3.8, 4) is 0 Å². The van der Waals surface area contributed by atoms with Gasteiger partial charge in [-0.3, -0.25) is 4.79 Å². The van der Waals surface area contributed by atoms with E-state index in [1.807, 2.05) is 12.2 Å². The van der Waals surface area contributed by atoms with Crippen molar-refractivity contribution >= 4 is 42.0 Å². The Balaban J connectivity index is 2.62. The molecule has 0 heterocycles. The van der Waals surface area contributed by atoms with Gasteiger partial charge in [-0.1, -0.05) is 21.1 Å². The second-order valence-electron chi connectivity index (χ2n) is 4.71. The fraction of sp³-hybridized carbons (Fsp3) is 0.571. The van der Waals surface area contributed by atoms with E-state index in [0.717, 1.165) is 17.7 Å². The lowest BCUT2D eigenvalue weighted by Crippen LogP contribution is -2.41. The van der Waals surface area contributed by atoms with Crippen LogP contribution in [-0.4, -0.2) is 30.3 Å². The van der Waals surface area contributed by atoms with Gasteiger partial charge in [0.15, 0.2) is 0 Å². The monoisotopic (exact) mass is 409 g/mol. The minimum Gasteiger partial charge on any atom is -0.461 e. The molecule has 1 N–H and O–H groups in total. The lowest BCUT2D eigenvalue weighted by Gasteiger charge is -2.30. The summed E-state index contributed by atoms with van der Waals surface area (Å²) in [6.45, 7) is 5.70. The van der Waals surface area contributed by atoms with E-state index < -0.39 is 0 Å². The molecule has 1 rings (SSSR count). The molecule has 1 aliphatic rings. The van der Waals surface area contributed by atoms with E-state index in [2.05, 4.69) is 33.1 Å². The highest BCUT2D eigenvalue weighted by Crippen LogP contribution is 2.28. The lowest BCUT2D eigenvalue weighted by atomic mass is 9.82. The number of carbonyl (C=O) groups is 2. The van der Waals surface area contributed by atoms with Gasteiger partial charge in [0, 0.05) is 24.3 Å². The summed E-state index contributed by atoms with van der Waals surface area (Å²) >= 11 is 2.18. The Labute approximate surface area is 136 Å². The highest BCUT2D eigenvalue weighted by Gasteiger charge is 2.28. The predicted octanol–water partition coefficient (Wildman–Crippen LogP) is 3.03. The number of amides is 1. The molecule has 6 heteroatoms. The highest BCUT2D eigenvalue weighted by atomic mass is 127. The number of esters is 1. The summed E-state index contributed by atoms with van der Waals surface area (Å²) in [5.41, 5.74) is 0.719. The van der Waals surface area contributed by atoms with E-state index >= 15 is 0 Å². The van der Waals surface area contributed by atoms with Crippen LogP contribution in [0.3, 0.4) is 0 Å². The van der Waals surface area contributed by atoms with Gasteiger partial charge in [0.05, 0.1) is 0 Å². The van der Waals surface area contributed by atoms with Crippen molar-refractivity contribution in [3.05, 3.63) is 24.3 Å². The molecule has 112 valence electrons. The fourth-order valence-electron chi connectivity index (χ4n) is 2.29. The molecule has 0 aromatic heterocycles. The SMILES string of the molecule is C=CC[C@H]1CC(C(=O)OCCSI)=CCC1NC(C)=O. The van der Waals surface area contributed by atoms with E-state index in [9.17, 15) is 9.59 Å². The van der Waals surface area contributed by atoms with Crippen LogP contribution >= 0.6 is 30.1 Å². The number of rotatable bonds is 7. The van der Waals surface area contributed by atoms with Crippen LogP contribution < -0.4 is 5.32 Å². The number of carbonyl (C=O) groups excluding carboxylic acids is 2. The Kier molecular flexibility index (Phi) is 8.28. The van der Waals surface area contributed by atoms with Gasteiger partial charge in [0.25, 0.3) is 0 Å². The molecule has 1 unspecified atom stereocenters. The van der Waals surface area contributed by atoms with Crippen molar-refractivity contribution < 1.29 is 14.3 Å². The Bertz CT molecular complexity index is 398. The first kappa shape index (κ1) is 17.6. The zero-order chi connectivity index (χ0) is 15.0. The van der Waals surface area contributed by atoms with Crippen molar-refractivity contribution in [1.29, 1.82) is 0 Å². The number of nitrogens with one attached hydrogen (secondary N) is 1. The normalized spacial score (nSPS) is 21.8. The van der Waals surface area contributed by atoms with Crippen LogP contribution in [0.2, 0.25) is 0 Å². The number of allylic oxidation sites excluding steroid dienone is 1. The summed E-state index contributed by atoms with van der Waals surface area (Å²) in [6, 6.07) is 0.0759. The molecule has 0 radical (unpaired) electrons. The third-order valence-corrected chi connectivity index (χ3v) is 4.83. The molecule has 20 heavy (non-hydrogen) atoms. The molecule has 1 amide bonds. The van der Waals surface area contributed by atoms with Crippen LogP contribution in [0.1, 0.15) is 26.2 Å². The van der Waals surface area contributed by atoms with E-state index in [1.54, 1.807) is 8.93 Å². The smallest absolute Gasteiger partial charge is 0.333 e. The molecule has 2 atom stereocenters. The molecule has 0 saturated carbocycles. The quantitative estimate of drug-likeness (QED) is 0.304. The molecule has 0 fully saturated rings. The summed E-state index contributed by atoms with van der Waals surface area (Å²) in [6.07, 6.45) is 5.80. The van der Waals surface area contributed by atoms with E-state index in [1.165, 1.54) is 6.92 Å². The number of ether oxygens (including phenoxy) is 1. The van der Waals surface area contributed by atoms with Gasteiger partial charge in [0.1, 0.15) is 6.61 Å². The Morgan fingerprint density at radius 2 is 2.40 bits per heavy atom. The zero-order valence-electron chi connectivity index (χ0n) is 11.6. The second kappa shape index (κ2) is 9.44. The van der Waals surface area contributed by atoms with Gasteiger partial charge < -0.3 is 10.1 Å². The van der Waals surface area contributed by atoms with Crippen LogP contribution in [0, 0.1) is 5.92 Å². The first-order valence-electron chi connectivity index (χ1n) is 6.56. The Morgan fingerprint density at radius 3 is 3.00 bits per heavy atom. The van der Waals surface area contributed by atoms with E-state index in [4.69, 9.17) is 4.74 Å². The van der Waals surface area contributed by atoms with E-state index in [-0.39, 0.29) is 23.8 Å². The van der Waals surface area contributed by atoms with Gasteiger partial charge in [0.2, 0.25) is 5.91 Å². The average molecular weight is 409 g/mol. The molecule has 0 aromatic carbocycles. The van der Waals surface area contributed by atoms with Gasteiger partial charge in [-0.05, 0) is 46.4 Å². The predicted molar refractivity (Wildman–Crippen MR) is 90.7 cm³/mol. The minimum absolute atomic E-state index is 0.0393. The first-order valence-corrected chi connectivity index (χ1v) is 10.1. The van der Waals surface area contributed by atoms with Gasteiger partial charge >= 0.3 is 5.97 Å². The molecule has 1 aliphatic carbocycles. The second-order valence-corrected chi connectivity index (χ2v) is 7.20. The van der Waals surface area contributed by atoms with Crippen LogP contribution in [0.4, 0.5) is 0 Å². The minimum atomic E-state index is -0.231. The Morgan fingerprint density at radius 1 is 1.65 bits per heavy atom. The van der Waals surface area contributed by atoms with Gasteiger partial charge in [-0.25, -0.2) is 4.79 Å². The summed E-state index contributed by atoms with van der Waals surface area (Å²) in [5, 5.41) is 2.94. The van der Waals surface area contributed by atoms with Crippen LogP contribution in [-0.2, 0) is 14.3 Å².